The molecule has 0 aliphatic carbocycles. The average Bonchev–Trinajstić information content (AvgIpc) is 2.14. The fourth-order valence-electron chi connectivity index (χ4n) is 0.902. The Bertz CT molecular complexity index is 316. The molecule has 0 saturated carbocycles. The zero-order valence-electron chi connectivity index (χ0n) is 8.18. The van der Waals surface area contributed by atoms with Crippen molar-refractivity contribution in [3.63, 3.8) is 0 Å². The van der Waals surface area contributed by atoms with Crippen molar-refractivity contribution in [1.29, 1.82) is 0 Å². The Morgan fingerprint density at radius 3 is 1.80 bits per heavy atom. The van der Waals surface area contributed by atoms with E-state index in [1.807, 2.05) is 0 Å². The molecule has 0 aliphatic rings. The molecule has 2 N–H and O–H groups in total. The van der Waals surface area contributed by atoms with Gasteiger partial charge in [0.15, 0.2) is 0 Å². The molecular formula is C7H10F3N5. The van der Waals surface area contributed by atoms with E-state index in [1.54, 1.807) is 0 Å². The second-order valence-corrected chi connectivity index (χ2v) is 2.69. The molecule has 0 saturated heterocycles. The highest BCUT2D eigenvalue weighted by molar-refractivity contribution is 5.33. The molecule has 0 aromatic carbocycles. The number of aromatic nitrogens is 3. The summed E-state index contributed by atoms with van der Waals surface area (Å²) in [6.07, 6.45) is -5.49. The van der Waals surface area contributed by atoms with E-state index in [1.165, 1.54) is 14.1 Å². The van der Waals surface area contributed by atoms with Gasteiger partial charge in [0.1, 0.15) is 12.2 Å². The van der Waals surface area contributed by atoms with E-state index in [4.69, 9.17) is 0 Å². The summed E-state index contributed by atoms with van der Waals surface area (Å²) in [7, 11) is 3.04. The highest BCUT2D eigenvalue weighted by atomic mass is 19.4. The maximum Gasteiger partial charge on any atom is 0.396 e. The third-order valence-electron chi connectivity index (χ3n) is 1.49. The fraction of sp³-hybridized carbons (Fsp3) is 0.571. The van der Waals surface area contributed by atoms with Crippen LogP contribution in [0.4, 0.5) is 25.1 Å². The van der Waals surface area contributed by atoms with Crippen LogP contribution in [0.2, 0.25) is 0 Å². The molecule has 0 radical (unpaired) electrons. The van der Waals surface area contributed by atoms with Crippen LogP contribution in [0, 0.1) is 0 Å². The summed E-state index contributed by atoms with van der Waals surface area (Å²) < 4.78 is 36.2. The predicted molar refractivity (Wildman–Crippen MR) is 48.7 cm³/mol. The first kappa shape index (κ1) is 11.5. The summed E-state index contributed by atoms with van der Waals surface area (Å²) in [5.74, 6) is -0.103. The second kappa shape index (κ2) is 4.28. The molecule has 0 fully saturated rings. The topological polar surface area (TPSA) is 62.7 Å². The summed E-state index contributed by atoms with van der Waals surface area (Å²) in [6, 6.07) is 0. The lowest BCUT2D eigenvalue weighted by atomic mass is 10.4. The number of hydrogen-bond donors (Lipinski definition) is 2. The minimum Gasteiger partial charge on any atom is -0.357 e. The van der Waals surface area contributed by atoms with E-state index in [0.717, 1.165) is 0 Å². The normalized spacial score (nSPS) is 11.3. The van der Waals surface area contributed by atoms with Crippen LogP contribution in [0.1, 0.15) is 5.82 Å². The Kier molecular flexibility index (Phi) is 3.28. The molecule has 0 spiro atoms. The van der Waals surface area contributed by atoms with Gasteiger partial charge in [-0.3, -0.25) is 0 Å². The quantitative estimate of drug-likeness (QED) is 0.799. The van der Waals surface area contributed by atoms with Crippen LogP contribution < -0.4 is 10.6 Å². The maximum absolute atomic E-state index is 12.1. The van der Waals surface area contributed by atoms with Crippen molar-refractivity contribution in [2.45, 2.75) is 12.6 Å². The number of nitrogens with zero attached hydrogens (tertiary/aromatic N) is 3. The van der Waals surface area contributed by atoms with Gasteiger partial charge in [0.05, 0.1) is 0 Å². The van der Waals surface area contributed by atoms with Gasteiger partial charge >= 0.3 is 6.18 Å². The van der Waals surface area contributed by atoms with Crippen molar-refractivity contribution >= 4 is 11.9 Å². The minimum absolute atomic E-state index is 0.105. The molecule has 8 heteroatoms. The van der Waals surface area contributed by atoms with E-state index in [-0.39, 0.29) is 17.7 Å². The van der Waals surface area contributed by atoms with Gasteiger partial charge in [-0.15, -0.1) is 0 Å². The smallest absolute Gasteiger partial charge is 0.357 e. The van der Waals surface area contributed by atoms with Gasteiger partial charge in [-0.1, -0.05) is 0 Å². The van der Waals surface area contributed by atoms with Crippen LogP contribution in [0.5, 0.6) is 0 Å². The Morgan fingerprint density at radius 1 is 1.00 bits per heavy atom. The van der Waals surface area contributed by atoms with Crippen molar-refractivity contribution in [3.8, 4) is 0 Å². The summed E-state index contributed by atoms with van der Waals surface area (Å²) in [6.45, 7) is 0. The van der Waals surface area contributed by atoms with Crippen molar-refractivity contribution in [2.75, 3.05) is 24.7 Å². The zero-order valence-corrected chi connectivity index (χ0v) is 8.18. The van der Waals surface area contributed by atoms with Crippen molar-refractivity contribution < 1.29 is 13.2 Å². The minimum atomic E-state index is -4.32. The van der Waals surface area contributed by atoms with Gasteiger partial charge in [-0.2, -0.15) is 28.1 Å². The van der Waals surface area contributed by atoms with Crippen molar-refractivity contribution in [2.24, 2.45) is 0 Å². The van der Waals surface area contributed by atoms with Crippen molar-refractivity contribution in [3.05, 3.63) is 5.82 Å². The number of anilines is 2. The molecule has 84 valence electrons. The van der Waals surface area contributed by atoms with Crippen LogP contribution >= 0.6 is 0 Å². The standard InChI is InChI=1S/C7H10F3N5/c1-11-5-13-4(3-7(8,9)10)14-6(12-2)15-5/h3H2,1-2H3,(H2,11,12,13,14,15). The third-order valence-corrected chi connectivity index (χ3v) is 1.49. The molecule has 1 aromatic rings. The van der Waals surface area contributed by atoms with E-state index in [2.05, 4.69) is 25.6 Å². The SMILES string of the molecule is CNc1nc(CC(F)(F)F)nc(NC)n1. The van der Waals surface area contributed by atoms with Gasteiger partial charge in [0.2, 0.25) is 11.9 Å². The monoisotopic (exact) mass is 221 g/mol. The van der Waals surface area contributed by atoms with Crippen LogP contribution in [0.3, 0.4) is 0 Å². The highest BCUT2D eigenvalue weighted by Gasteiger charge is 2.29. The molecule has 0 unspecified atom stereocenters. The summed E-state index contributed by atoms with van der Waals surface area (Å²) in [5, 5.41) is 5.12. The van der Waals surface area contributed by atoms with Crippen molar-refractivity contribution in [1.82, 2.24) is 15.0 Å². The zero-order chi connectivity index (χ0) is 11.5. The molecular weight excluding hydrogens is 211 g/mol. The Labute approximate surface area is 84.1 Å². The number of hydrogen-bond acceptors (Lipinski definition) is 5. The summed E-state index contributed by atoms with van der Waals surface area (Å²) in [5.41, 5.74) is 0. The van der Waals surface area contributed by atoms with Gasteiger partial charge in [0, 0.05) is 14.1 Å². The Morgan fingerprint density at radius 2 is 1.47 bits per heavy atom. The third kappa shape index (κ3) is 3.56. The molecule has 0 aliphatic heterocycles. The van der Waals surface area contributed by atoms with Crippen LogP contribution in [-0.4, -0.2) is 35.2 Å². The van der Waals surface area contributed by atoms with E-state index in [9.17, 15) is 13.2 Å². The molecule has 0 amide bonds. The van der Waals surface area contributed by atoms with Crippen LogP contribution in [-0.2, 0) is 6.42 Å². The first-order valence-electron chi connectivity index (χ1n) is 4.12. The number of rotatable bonds is 3. The lowest BCUT2D eigenvalue weighted by Gasteiger charge is -2.07. The largest absolute Gasteiger partial charge is 0.396 e. The van der Waals surface area contributed by atoms with Crippen LogP contribution in [0.15, 0.2) is 0 Å². The maximum atomic E-state index is 12.1. The molecule has 1 rings (SSSR count). The summed E-state index contributed by atoms with van der Waals surface area (Å²) in [4.78, 5) is 11.0. The van der Waals surface area contributed by atoms with Gasteiger partial charge in [-0.25, -0.2) is 0 Å². The Hall–Kier alpha value is -1.60. The first-order chi connectivity index (χ1) is 6.94. The van der Waals surface area contributed by atoms with Gasteiger partial charge in [0.25, 0.3) is 0 Å². The first-order valence-corrected chi connectivity index (χ1v) is 4.12. The molecule has 15 heavy (non-hydrogen) atoms. The molecule has 0 atom stereocenters. The number of nitrogens with one attached hydrogen (secondary N) is 2. The molecule has 1 heterocycles. The predicted octanol–water partition coefficient (Wildman–Crippen LogP) is 1.06. The summed E-state index contributed by atoms with van der Waals surface area (Å²) >= 11 is 0. The lowest BCUT2D eigenvalue weighted by Crippen LogP contribution is -2.16. The average molecular weight is 221 g/mol. The highest BCUT2D eigenvalue weighted by Crippen LogP contribution is 2.20. The molecule has 1 aromatic heterocycles. The van der Waals surface area contributed by atoms with E-state index in [0.29, 0.717) is 0 Å². The van der Waals surface area contributed by atoms with Gasteiger partial charge in [-0.05, 0) is 0 Å². The lowest BCUT2D eigenvalue weighted by molar-refractivity contribution is -0.128. The Balaban J connectivity index is 2.97. The number of halogens is 3. The molecule has 0 bridgehead atoms. The number of alkyl halides is 3. The van der Waals surface area contributed by atoms with E-state index < -0.39 is 12.6 Å². The second-order valence-electron chi connectivity index (χ2n) is 2.69. The van der Waals surface area contributed by atoms with Gasteiger partial charge < -0.3 is 10.6 Å². The fourth-order valence-corrected chi connectivity index (χ4v) is 0.902. The molecule has 5 nitrogen and oxygen atoms in total. The van der Waals surface area contributed by atoms with E-state index >= 15 is 0 Å². The van der Waals surface area contributed by atoms with Crippen LogP contribution in [0.25, 0.3) is 0 Å².